The largest absolute Gasteiger partial charge is 0.308 e. The highest BCUT2D eigenvalue weighted by Gasteiger charge is 2.23. The van der Waals surface area contributed by atoms with Gasteiger partial charge in [-0.05, 0) is 48.1 Å². The van der Waals surface area contributed by atoms with E-state index in [1.165, 1.54) is 29.5 Å². The number of benzene rings is 1. The van der Waals surface area contributed by atoms with Crippen molar-refractivity contribution in [2.75, 3.05) is 7.05 Å². The molecule has 1 heterocycles. The average Bonchev–Trinajstić information content (AvgIpc) is 2.63. The Hall–Kier alpha value is -0.780. The minimum atomic E-state index is -0.535. The van der Waals surface area contributed by atoms with Gasteiger partial charge in [0.2, 0.25) is 0 Å². The van der Waals surface area contributed by atoms with Crippen LogP contribution in [-0.2, 0) is 0 Å². The van der Waals surface area contributed by atoms with E-state index in [4.69, 9.17) is 0 Å². The molecule has 0 aliphatic heterocycles. The molecule has 2 rings (SSSR count). The SMILES string of the molecule is CNC(c1sc(C)cc1Br)c1c(F)cccc1F. The van der Waals surface area contributed by atoms with Crippen LogP contribution in [0.25, 0.3) is 0 Å². The fraction of sp³-hybridized carbons (Fsp3) is 0.231. The van der Waals surface area contributed by atoms with Gasteiger partial charge in [0.15, 0.2) is 0 Å². The summed E-state index contributed by atoms with van der Waals surface area (Å²) >= 11 is 4.95. The molecular weight excluding hydrogens is 320 g/mol. The highest BCUT2D eigenvalue weighted by Crippen LogP contribution is 2.37. The minimum absolute atomic E-state index is 0.0579. The van der Waals surface area contributed by atoms with E-state index in [1.54, 1.807) is 7.05 Å². The van der Waals surface area contributed by atoms with Gasteiger partial charge in [-0.2, -0.15) is 0 Å². The first-order chi connectivity index (χ1) is 8.54. The molecule has 5 heteroatoms. The maximum Gasteiger partial charge on any atom is 0.131 e. The molecule has 1 N–H and O–H groups in total. The van der Waals surface area contributed by atoms with Crippen LogP contribution in [0.4, 0.5) is 8.78 Å². The van der Waals surface area contributed by atoms with Gasteiger partial charge in [-0.1, -0.05) is 6.07 Å². The van der Waals surface area contributed by atoms with E-state index in [2.05, 4.69) is 21.2 Å². The van der Waals surface area contributed by atoms with Crippen LogP contribution in [-0.4, -0.2) is 7.05 Å². The summed E-state index contributed by atoms with van der Waals surface area (Å²) in [6, 6.07) is 5.38. The van der Waals surface area contributed by atoms with Crippen LogP contribution < -0.4 is 5.32 Å². The fourth-order valence-electron chi connectivity index (χ4n) is 1.89. The first-order valence-electron chi connectivity index (χ1n) is 5.41. The van der Waals surface area contributed by atoms with Crippen molar-refractivity contribution < 1.29 is 8.78 Å². The third-order valence-electron chi connectivity index (χ3n) is 2.68. The van der Waals surface area contributed by atoms with Crippen LogP contribution in [0.3, 0.4) is 0 Å². The summed E-state index contributed by atoms with van der Waals surface area (Å²) in [5, 5.41) is 2.97. The van der Waals surface area contributed by atoms with Crippen molar-refractivity contribution in [1.29, 1.82) is 0 Å². The van der Waals surface area contributed by atoms with E-state index >= 15 is 0 Å². The lowest BCUT2D eigenvalue weighted by Gasteiger charge is -2.17. The maximum absolute atomic E-state index is 13.8. The van der Waals surface area contributed by atoms with Crippen LogP contribution in [0.1, 0.15) is 21.4 Å². The highest BCUT2D eigenvalue weighted by atomic mass is 79.9. The molecule has 0 saturated carbocycles. The van der Waals surface area contributed by atoms with Gasteiger partial charge in [0.1, 0.15) is 11.6 Å². The van der Waals surface area contributed by atoms with Gasteiger partial charge in [-0.25, -0.2) is 8.78 Å². The van der Waals surface area contributed by atoms with Crippen LogP contribution in [0.15, 0.2) is 28.7 Å². The second kappa shape index (κ2) is 5.47. The summed E-state index contributed by atoms with van der Waals surface area (Å²) in [6.07, 6.45) is 0. The van der Waals surface area contributed by atoms with E-state index in [1.807, 2.05) is 13.0 Å². The lowest BCUT2D eigenvalue weighted by Crippen LogP contribution is -2.19. The number of halogens is 3. The molecular formula is C13H12BrF2NS. The van der Waals surface area contributed by atoms with E-state index < -0.39 is 17.7 Å². The number of hydrogen-bond acceptors (Lipinski definition) is 2. The van der Waals surface area contributed by atoms with E-state index in [9.17, 15) is 8.78 Å². The van der Waals surface area contributed by atoms with Gasteiger partial charge >= 0.3 is 0 Å². The molecule has 1 aromatic carbocycles. The predicted octanol–water partition coefficient (Wildman–Crippen LogP) is 4.41. The molecule has 1 aromatic heterocycles. The number of aryl methyl sites for hydroxylation is 1. The van der Waals surface area contributed by atoms with Gasteiger partial charge in [-0.15, -0.1) is 11.3 Å². The zero-order chi connectivity index (χ0) is 13.3. The zero-order valence-corrected chi connectivity index (χ0v) is 12.3. The summed E-state index contributed by atoms with van der Waals surface area (Å²) in [5.74, 6) is -1.07. The Labute approximate surface area is 117 Å². The first-order valence-corrected chi connectivity index (χ1v) is 7.02. The standard InChI is InChI=1S/C13H12BrF2NS/c1-7-6-8(14)13(18-7)12(17-2)11-9(15)4-3-5-10(11)16/h3-6,12,17H,1-2H3. The molecule has 1 unspecified atom stereocenters. The third kappa shape index (κ3) is 2.48. The zero-order valence-electron chi connectivity index (χ0n) is 9.93. The Kier molecular flexibility index (Phi) is 4.14. The van der Waals surface area contributed by atoms with E-state index in [0.29, 0.717) is 0 Å². The highest BCUT2D eigenvalue weighted by molar-refractivity contribution is 9.10. The van der Waals surface area contributed by atoms with E-state index in [-0.39, 0.29) is 5.56 Å². The Balaban J connectivity index is 2.55. The predicted molar refractivity (Wildman–Crippen MR) is 74.0 cm³/mol. The monoisotopic (exact) mass is 331 g/mol. The Morgan fingerprint density at radius 2 is 1.89 bits per heavy atom. The molecule has 0 aliphatic carbocycles. The lowest BCUT2D eigenvalue weighted by molar-refractivity contribution is 0.524. The summed E-state index contributed by atoms with van der Waals surface area (Å²) < 4.78 is 28.5. The lowest BCUT2D eigenvalue weighted by atomic mass is 10.0. The Morgan fingerprint density at radius 3 is 2.33 bits per heavy atom. The smallest absolute Gasteiger partial charge is 0.131 e. The van der Waals surface area contributed by atoms with Gasteiger partial charge < -0.3 is 5.32 Å². The minimum Gasteiger partial charge on any atom is -0.308 e. The van der Waals surface area contributed by atoms with Crippen molar-refractivity contribution in [3.05, 3.63) is 55.7 Å². The van der Waals surface area contributed by atoms with Crippen molar-refractivity contribution in [2.24, 2.45) is 0 Å². The molecule has 96 valence electrons. The van der Waals surface area contributed by atoms with Crippen molar-refractivity contribution in [3.63, 3.8) is 0 Å². The average molecular weight is 332 g/mol. The summed E-state index contributed by atoms with van der Waals surface area (Å²) in [7, 11) is 1.69. The van der Waals surface area contributed by atoms with Gasteiger partial charge in [0.25, 0.3) is 0 Å². The molecule has 1 nitrogen and oxygen atoms in total. The molecule has 18 heavy (non-hydrogen) atoms. The van der Waals surface area contributed by atoms with Crippen molar-refractivity contribution in [1.82, 2.24) is 5.32 Å². The molecule has 0 amide bonds. The quantitative estimate of drug-likeness (QED) is 0.878. The second-order valence-electron chi connectivity index (χ2n) is 3.93. The van der Waals surface area contributed by atoms with Crippen LogP contribution >= 0.6 is 27.3 Å². The maximum atomic E-state index is 13.8. The number of thiophene rings is 1. The van der Waals surface area contributed by atoms with Crippen molar-refractivity contribution in [2.45, 2.75) is 13.0 Å². The topological polar surface area (TPSA) is 12.0 Å². The Morgan fingerprint density at radius 1 is 1.28 bits per heavy atom. The van der Waals surface area contributed by atoms with Gasteiger partial charge in [0, 0.05) is 19.8 Å². The molecule has 0 spiro atoms. The van der Waals surface area contributed by atoms with Crippen LogP contribution in [0.5, 0.6) is 0 Å². The summed E-state index contributed by atoms with van der Waals surface area (Å²) in [6.45, 7) is 1.96. The first kappa shape index (κ1) is 13.6. The van der Waals surface area contributed by atoms with Gasteiger partial charge in [-0.3, -0.25) is 0 Å². The molecule has 1 atom stereocenters. The second-order valence-corrected chi connectivity index (χ2v) is 6.07. The molecule has 0 saturated heterocycles. The van der Waals surface area contributed by atoms with Crippen LogP contribution in [0.2, 0.25) is 0 Å². The Bertz CT molecular complexity index is 548. The molecule has 2 aromatic rings. The van der Waals surface area contributed by atoms with Crippen LogP contribution in [0, 0.1) is 18.6 Å². The summed E-state index contributed by atoms with van der Waals surface area (Å²) in [5.41, 5.74) is 0.0579. The van der Waals surface area contributed by atoms with Crippen molar-refractivity contribution >= 4 is 27.3 Å². The number of rotatable bonds is 3. The molecule has 0 bridgehead atoms. The number of hydrogen-bond donors (Lipinski definition) is 1. The molecule has 0 aliphatic rings. The normalized spacial score (nSPS) is 12.7. The summed E-state index contributed by atoms with van der Waals surface area (Å²) in [4.78, 5) is 1.97. The molecule has 0 fully saturated rings. The van der Waals surface area contributed by atoms with Crippen molar-refractivity contribution in [3.8, 4) is 0 Å². The van der Waals surface area contributed by atoms with E-state index in [0.717, 1.165) is 14.2 Å². The third-order valence-corrected chi connectivity index (χ3v) is 4.71. The number of nitrogens with one attached hydrogen (secondary N) is 1. The fourth-order valence-corrected chi connectivity index (χ4v) is 3.89. The van der Waals surface area contributed by atoms with Gasteiger partial charge in [0.05, 0.1) is 6.04 Å². The molecule has 0 radical (unpaired) electrons.